The van der Waals surface area contributed by atoms with E-state index in [9.17, 15) is 4.79 Å². The van der Waals surface area contributed by atoms with Gasteiger partial charge in [-0.15, -0.1) is 10.2 Å². The molecule has 1 heterocycles. The smallest absolute Gasteiger partial charge is 0.259 e. The van der Waals surface area contributed by atoms with Crippen molar-refractivity contribution in [2.45, 2.75) is 0 Å². The van der Waals surface area contributed by atoms with E-state index in [1.165, 1.54) is 24.0 Å². The molecule has 0 saturated heterocycles. The SMILES string of the molecule is COc1c(Cl)cc(Cl)cc1C(=O)Nc1cc2nn(-c3ccccc3)nc2cc1Cl. The number of carbonyl (C=O) groups is 1. The first-order valence-electron chi connectivity index (χ1n) is 8.42. The van der Waals surface area contributed by atoms with E-state index in [2.05, 4.69) is 15.5 Å². The van der Waals surface area contributed by atoms with Crippen LogP contribution in [0.1, 0.15) is 10.4 Å². The molecule has 1 N–H and O–H groups in total. The first-order valence-corrected chi connectivity index (χ1v) is 9.56. The average Bonchev–Trinajstić information content (AvgIpc) is 3.11. The summed E-state index contributed by atoms with van der Waals surface area (Å²) in [6.07, 6.45) is 0. The summed E-state index contributed by atoms with van der Waals surface area (Å²) in [6, 6.07) is 15.7. The van der Waals surface area contributed by atoms with Crippen LogP contribution in [0, 0.1) is 0 Å². The second kappa shape index (κ2) is 7.91. The van der Waals surface area contributed by atoms with Crippen LogP contribution < -0.4 is 10.1 Å². The number of hydrogen-bond donors (Lipinski definition) is 1. The third-order valence-corrected chi connectivity index (χ3v) is 4.97. The molecule has 0 unspecified atom stereocenters. The van der Waals surface area contributed by atoms with E-state index in [4.69, 9.17) is 39.5 Å². The molecule has 1 amide bonds. The van der Waals surface area contributed by atoms with E-state index in [-0.39, 0.29) is 16.3 Å². The number of para-hydroxylation sites is 1. The van der Waals surface area contributed by atoms with Gasteiger partial charge < -0.3 is 10.1 Å². The van der Waals surface area contributed by atoms with Crippen LogP contribution in [0.25, 0.3) is 16.7 Å². The zero-order chi connectivity index (χ0) is 20.5. The van der Waals surface area contributed by atoms with Gasteiger partial charge in [-0.2, -0.15) is 4.80 Å². The molecule has 0 aliphatic rings. The summed E-state index contributed by atoms with van der Waals surface area (Å²) in [5.74, 6) is -0.247. The summed E-state index contributed by atoms with van der Waals surface area (Å²) >= 11 is 18.5. The predicted octanol–water partition coefficient (Wildman–Crippen LogP) is 5.64. The molecule has 0 aliphatic heterocycles. The number of hydrogen-bond acceptors (Lipinski definition) is 4. The van der Waals surface area contributed by atoms with Gasteiger partial charge >= 0.3 is 0 Å². The lowest BCUT2D eigenvalue weighted by Crippen LogP contribution is -2.14. The van der Waals surface area contributed by atoms with Crippen molar-refractivity contribution in [3.63, 3.8) is 0 Å². The molecule has 6 nitrogen and oxygen atoms in total. The summed E-state index contributed by atoms with van der Waals surface area (Å²) in [5.41, 5.74) is 2.55. The molecule has 0 aliphatic carbocycles. The van der Waals surface area contributed by atoms with Crippen molar-refractivity contribution in [2.75, 3.05) is 12.4 Å². The maximum atomic E-state index is 12.8. The number of benzene rings is 3. The van der Waals surface area contributed by atoms with E-state index in [0.717, 1.165) is 5.69 Å². The maximum absolute atomic E-state index is 12.8. The maximum Gasteiger partial charge on any atom is 0.259 e. The highest BCUT2D eigenvalue weighted by molar-refractivity contribution is 6.37. The van der Waals surface area contributed by atoms with Gasteiger partial charge in [-0.1, -0.05) is 53.0 Å². The normalized spacial score (nSPS) is 10.9. The van der Waals surface area contributed by atoms with Crippen molar-refractivity contribution in [3.8, 4) is 11.4 Å². The standard InChI is InChI=1S/C20H13Cl3N4O2/c1-29-19-13(7-11(21)8-15(19)23)20(28)24-16-10-18-17(9-14(16)22)25-27(26-18)12-5-3-2-4-6-12/h2-10H,1H3,(H,24,28). The Morgan fingerprint density at radius 3 is 2.34 bits per heavy atom. The number of carbonyl (C=O) groups excluding carboxylic acids is 1. The Morgan fingerprint density at radius 1 is 0.966 bits per heavy atom. The van der Waals surface area contributed by atoms with Crippen molar-refractivity contribution < 1.29 is 9.53 Å². The fourth-order valence-corrected chi connectivity index (χ4v) is 3.61. The minimum Gasteiger partial charge on any atom is -0.494 e. The van der Waals surface area contributed by atoms with Crippen molar-refractivity contribution >= 4 is 57.4 Å². The predicted molar refractivity (Wildman–Crippen MR) is 115 cm³/mol. The summed E-state index contributed by atoms with van der Waals surface area (Å²) < 4.78 is 5.23. The van der Waals surface area contributed by atoms with Gasteiger partial charge in [0.25, 0.3) is 5.91 Å². The Morgan fingerprint density at radius 2 is 1.66 bits per heavy atom. The van der Waals surface area contributed by atoms with Crippen molar-refractivity contribution in [2.24, 2.45) is 0 Å². The number of amides is 1. The van der Waals surface area contributed by atoms with Crippen LogP contribution in [-0.4, -0.2) is 28.0 Å². The average molecular weight is 448 g/mol. The number of aromatic nitrogens is 3. The largest absolute Gasteiger partial charge is 0.494 e. The Balaban J connectivity index is 1.70. The lowest BCUT2D eigenvalue weighted by Gasteiger charge is -2.12. The molecule has 0 radical (unpaired) electrons. The van der Waals surface area contributed by atoms with E-state index in [1.54, 1.807) is 12.1 Å². The van der Waals surface area contributed by atoms with Crippen molar-refractivity contribution in [3.05, 3.63) is 75.2 Å². The summed E-state index contributed by atoms with van der Waals surface area (Å²) in [7, 11) is 1.42. The van der Waals surface area contributed by atoms with Gasteiger partial charge in [-0.05, 0) is 36.4 Å². The minimum absolute atomic E-state index is 0.189. The van der Waals surface area contributed by atoms with Gasteiger partial charge in [0, 0.05) is 5.02 Å². The number of anilines is 1. The molecule has 0 atom stereocenters. The highest BCUT2D eigenvalue weighted by Crippen LogP contribution is 2.34. The van der Waals surface area contributed by atoms with Crippen LogP contribution in [0.15, 0.2) is 54.6 Å². The quantitative estimate of drug-likeness (QED) is 0.439. The van der Waals surface area contributed by atoms with E-state index >= 15 is 0 Å². The Labute approximate surface area is 180 Å². The third-order valence-electron chi connectivity index (χ3n) is 4.16. The minimum atomic E-state index is -0.469. The molecule has 29 heavy (non-hydrogen) atoms. The Bertz CT molecular complexity index is 1230. The highest BCUT2D eigenvalue weighted by Gasteiger charge is 2.19. The van der Waals surface area contributed by atoms with Gasteiger partial charge in [-0.25, -0.2) is 0 Å². The molecule has 0 bridgehead atoms. The number of ether oxygens (including phenoxy) is 1. The van der Waals surface area contributed by atoms with Gasteiger partial charge in [-0.3, -0.25) is 4.79 Å². The van der Waals surface area contributed by atoms with Crippen LogP contribution in [0.5, 0.6) is 5.75 Å². The number of nitrogens with one attached hydrogen (secondary N) is 1. The molecule has 0 fully saturated rings. The first kappa shape index (κ1) is 19.5. The second-order valence-electron chi connectivity index (χ2n) is 6.07. The molecule has 4 rings (SSSR count). The lowest BCUT2D eigenvalue weighted by atomic mass is 10.1. The fraction of sp³-hybridized carbons (Fsp3) is 0.0500. The van der Waals surface area contributed by atoms with Gasteiger partial charge in [0.05, 0.1) is 34.1 Å². The third kappa shape index (κ3) is 3.87. The number of methoxy groups -OCH3 is 1. The van der Waals surface area contributed by atoms with Crippen LogP contribution in [-0.2, 0) is 0 Å². The van der Waals surface area contributed by atoms with Crippen molar-refractivity contribution in [1.82, 2.24) is 15.0 Å². The van der Waals surface area contributed by atoms with E-state index in [1.807, 2.05) is 30.3 Å². The molecule has 9 heteroatoms. The molecular formula is C20H13Cl3N4O2. The lowest BCUT2D eigenvalue weighted by molar-refractivity contribution is 0.102. The number of nitrogens with zero attached hydrogens (tertiary/aromatic N) is 3. The summed E-state index contributed by atoms with van der Waals surface area (Å²) in [6.45, 7) is 0. The van der Waals surface area contributed by atoms with E-state index in [0.29, 0.717) is 26.8 Å². The molecule has 3 aromatic carbocycles. The Hall–Kier alpha value is -2.80. The van der Waals surface area contributed by atoms with E-state index < -0.39 is 5.91 Å². The molecular weight excluding hydrogens is 435 g/mol. The topological polar surface area (TPSA) is 69.0 Å². The van der Waals surface area contributed by atoms with Crippen LogP contribution in [0.3, 0.4) is 0 Å². The van der Waals surface area contributed by atoms with Gasteiger partial charge in [0.15, 0.2) is 0 Å². The van der Waals surface area contributed by atoms with Crippen LogP contribution >= 0.6 is 34.8 Å². The molecule has 0 saturated carbocycles. The molecule has 1 aromatic heterocycles. The Kier molecular flexibility index (Phi) is 5.32. The number of halogens is 3. The number of fused-ring (bicyclic) bond motifs is 1. The molecule has 0 spiro atoms. The monoisotopic (exact) mass is 446 g/mol. The fourth-order valence-electron chi connectivity index (χ4n) is 2.84. The highest BCUT2D eigenvalue weighted by atomic mass is 35.5. The molecule has 4 aromatic rings. The first-order chi connectivity index (χ1) is 14.0. The zero-order valence-electron chi connectivity index (χ0n) is 15.0. The van der Waals surface area contributed by atoms with Crippen LogP contribution in [0.2, 0.25) is 15.1 Å². The summed E-state index contributed by atoms with van der Waals surface area (Å²) in [4.78, 5) is 14.3. The number of rotatable bonds is 4. The molecule has 146 valence electrons. The van der Waals surface area contributed by atoms with Gasteiger partial charge in [0.1, 0.15) is 16.8 Å². The van der Waals surface area contributed by atoms with Crippen LogP contribution in [0.4, 0.5) is 5.69 Å². The van der Waals surface area contributed by atoms with Gasteiger partial charge in [0.2, 0.25) is 0 Å². The zero-order valence-corrected chi connectivity index (χ0v) is 17.3. The summed E-state index contributed by atoms with van der Waals surface area (Å²) in [5, 5.41) is 12.5. The van der Waals surface area contributed by atoms with Crippen molar-refractivity contribution in [1.29, 1.82) is 0 Å². The second-order valence-corrected chi connectivity index (χ2v) is 7.32.